The van der Waals surface area contributed by atoms with E-state index in [1.54, 1.807) is 21.3 Å². The van der Waals surface area contributed by atoms with E-state index in [-0.39, 0.29) is 0 Å². The number of hydrogen-bond acceptors (Lipinski definition) is 4. The SMILES string of the molecule is COCCNCCCCc1cc(OC)ccc1OC. The lowest BCUT2D eigenvalue weighted by Crippen LogP contribution is -2.20. The van der Waals surface area contributed by atoms with Gasteiger partial charge in [-0.25, -0.2) is 0 Å². The molecule has 0 saturated carbocycles. The van der Waals surface area contributed by atoms with Gasteiger partial charge in [0.25, 0.3) is 0 Å². The van der Waals surface area contributed by atoms with E-state index in [2.05, 4.69) is 11.4 Å². The standard InChI is InChI=1S/C15H25NO3/c1-17-11-10-16-9-5-4-6-13-12-14(18-2)7-8-15(13)19-3/h7-8,12,16H,4-6,9-11H2,1-3H3. The molecule has 0 radical (unpaired) electrons. The van der Waals surface area contributed by atoms with Crippen LogP contribution in [0.25, 0.3) is 0 Å². The van der Waals surface area contributed by atoms with Crippen LogP contribution < -0.4 is 14.8 Å². The number of nitrogens with one attached hydrogen (secondary N) is 1. The van der Waals surface area contributed by atoms with Crippen LogP contribution in [0.3, 0.4) is 0 Å². The summed E-state index contributed by atoms with van der Waals surface area (Å²) in [6.45, 7) is 2.71. The second-order valence-electron chi connectivity index (χ2n) is 4.38. The molecule has 0 aliphatic carbocycles. The van der Waals surface area contributed by atoms with Crippen LogP contribution in [0.4, 0.5) is 0 Å². The van der Waals surface area contributed by atoms with Crippen molar-refractivity contribution in [2.75, 3.05) is 41.0 Å². The number of benzene rings is 1. The van der Waals surface area contributed by atoms with E-state index in [4.69, 9.17) is 14.2 Å². The third kappa shape index (κ3) is 5.94. The zero-order valence-corrected chi connectivity index (χ0v) is 12.2. The molecule has 0 aromatic heterocycles. The summed E-state index contributed by atoms with van der Waals surface area (Å²) in [5, 5.41) is 3.34. The lowest BCUT2D eigenvalue weighted by molar-refractivity contribution is 0.199. The van der Waals surface area contributed by atoms with E-state index in [9.17, 15) is 0 Å². The maximum atomic E-state index is 5.37. The van der Waals surface area contributed by atoms with Crippen LogP contribution in [0.1, 0.15) is 18.4 Å². The van der Waals surface area contributed by atoms with Gasteiger partial charge in [-0.15, -0.1) is 0 Å². The highest BCUT2D eigenvalue weighted by Crippen LogP contribution is 2.25. The molecule has 19 heavy (non-hydrogen) atoms. The number of hydrogen-bond donors (Lipinski definition) is 1. The molecule has 0 fully saturated rings. The number of unbranched alkanes of at least 4 members (excludes halogenated alkanes) is 1. The average Bonchev–Trinajstić information content (AvgIpc) is 2.46. The molecule has 0 aliphatic heterocycles. The smallest absolute Gasteiger partial charge is 0.122 e. The molecule has 4 heteroatoms. The summed E-state index contributed by atoms with van der Waals surface area (Å²) in [7, 11) is 5.11. The molecule has 0 unspecified atom stereocenters. The fourth-order valence-corrected chi connectivity index (χ4v) is 1.94. The van der Waals surface area contributed by atoms with Crippen molar-refractivity contribution < 1.29 is 14.2 Å². The highest BCUT2D eigenvalue weighted by Gasteiger charge is 2.04. The van der Waals surface area contributed by atoms with Crippen LogP contribution in [0.15, 0.2) is 18.2 Å². The van der Waals surface area contributed by atoms with Gasteiger partial charge >= 0.3 is 0 Å². The number of methoxy groups -OCH3 is 3. The van der Waals surface area contributed by atoms with Gasteiger partial charge in [0.2, 0.25) is 0 Å². The van der Waals surface area contributed by atoms with Gasteiger partial charge in [0.1, 0.15) is 11.5 Å². The van der Waals surface area contributed by atoms with Crippen molar-refractivity contribution in [2.24, 2.45) is 0 Å². The van der Waals surface area contributed by atoms with Crippen molar-refractivity contribution in [3.63, 3.8) is 0 Å². The molecule has 1 rings (SSSR count). The zero-order valence-electron chi connectivity index (χ0n) is 12.2. The zero-order chi connectivity index (χ0) is 13.9. The summed E-state index contributed by atoms with van der Waals surface area (Å²) in [6, 6.07) is 5.94. The van der Waals surface area contributed by atoms with E-state index in [0.29, 0.717) is 0 Å². The van der Waals surface area contributed by atoms with Crippen molar-refractivity contribution in [3.8, 4) is 11.5 Å². The minimum absolute atomic E-state index is 0.768. The van der Waals surface area contributed by atoms with Gasteiger partial charge in [0.15, 0.2) is 0 Å². The third-order valence-corrected chi connectivity index (χ3v) is 3.02. The first kappa shape index (κ1) is 15.8. The normalized spacial score (nSPS) is 10.5. The molecule has 0 heterocycles. The maximum Gasteiger partial charge on any atom is 0.122 e. The monoisotopic (exact) mass is 267 g/mol. The minimum atomic E-state index is 0.768. The third-order valence-electron chi connectivity index (χ3n) is 3.02. The molecule has 0 amide bonds. The van der Waals surface area contributed by atoms with Gasteiger partial charge in [-0.05, 0) is 49.6 Å². The summed E-state index contributed by atoms with van der Waals surface area (Å²) in [6.07, 6.45) is 3.28. The van der Waals surface area contributed by atoms with Crippen LogP contribution >= 0.6 is 0 Å². The first-order chi connectivity index (χ1) is 9.31. The molecular formula is C15H25NO3. The predicted octanol–water partition coefficient (Wildman–Crippen LogP) is 2.26. The number of aryl methyl sites for hydroxylation is 1. The van der Waals surface area contributed by atoms with E-state index in [0.717, 1.165) is 50.5 Å². The Morgan fingerprint density at radius 1 is 1.00 bits per heavy atom. The summed E-state index contributed by atoms with van der Waals surface area (Å²) in [5.74, 6) is 1.82. The Morgan fingerprint density at radius 3 is 2.53 bits per heavy atom. The molecule has 0 saturated heterocycles. The summed E-state index contributed by atoms with van der Waals surface area (Å²) in [5.41, 5.74) is 1.21. The second-order valence-corrected chi connectivity index (χ2v) is 4.38. The second kappa shape index (κ2) is 9.64. The maximum absolute atomic E-state index is 5.37. The minimum Gasteiger partial charge on any atom is -0.497 e. The van der Waals surface area contributed by atoms with Crippen LogP contribution in [-0.2, 0) is 11.2 Å². The van der Waals surface area contributed by atoms with Gasteiger partial charge in [-0.2, -0.15) is 0 Å². The molecule has 1 aromatic rings. The highest BCUT2D eigenvalue weighted by molar-refractivity contribution is 5.40. The Labute approximate surface area is 116 Å². The molecular weight excluding hydrogens is 242 g/mol. The fraction of sp³-hybridized carbons (Fsp3) is 0.600. The Kier molecular flexibility index (Phi) is 8.02. The van der Waals surface area contributed by atoms with Gasteiger partial charge in [0.05, 0.1) is 20.8 Å². The Bertz CT molecular complexity index is 355. The number of ether oxygens (including phenoxy) is 3. The van der Waals surface area contributed by atoms with Gasteiger partial charge in [-0.1, -0.05) is 0 Å². The van der Waals surface area contributed by atoms with E-state index >= 15 is 0 Å². The predicted molar refractivity (Wildman–Crippen MR) is 77.2 cm³/mol. The number of rotatable bonds is 10. The van der Waals surface area contributed by atoms with Gasteiger partial charge in [0, 0.05) is 13.7 Å². The Balaban J connectivity index is 2.31. The fourth-order valence-electron chi connectivity index (χ4n) is 1.94. The first-order valence-electron chi connectivity index (χ1n) is 6.72. The molecule has 0 spiro atoms. The van der Waals surface area contributed by atoms with Crippen molar-refractivity contribution in [3.05, 3.63) is 23.8 Å². The Hall–Kier alpha value is -1.26. The lowest BCUT2D eigenvalue weighted by atomic mass is 10.1. The van der Waals surface area contributed by atoms with Crippen molar-refractivity contribution in [1.82, 2.24) is 5.32 Å². The van der Waals surface area contributed by atoms with Crippen LogP contribution in [0.2, 0.25) is 0 Å². The summed E-state index contributed by atoms with van der Waals surface area (Å²) >= 11 is 0. The van der Waals surface area contributed by atoms with E-state index < -0.39 is 0 Å². The van der Waals surface area contributed by atoms with Crippen molar-refractivity contribution in [1.29, 1.82) is 0 Å². The van der Waals surface area contributed by atoms with Crippen LogP contribution in [-0.4, -0.2) is 41.0 Å². The van der Waals surface area contributed by atoms with Crippen LogP contribution in [0, 0.1) is 0 Å². The molecule has 0 aliphatic rings. The summed E-state index contributed by atoms with van der Waals surface area (Å²) in [4.78, 5) is 0. The molecule has 0 atom stereocenters. The van der Waals surface area contributed by atoms with Crippen molar-refractivity contribution in [2.45, 2.75) is 19.3 Å². The van der Waals surface area contributed by atoms with Crippen LogP contribution in [0.5, 0.6) is 11.5 Å². The lowest BCUT2D eigenvalue weighted by Gasteiger charge is -2.10. The molecule has 0 bridgehead atoms. The molecule has 1 aromatic carbocycles. The quantitative estimate of drug-likeness (QED) is 0.660. The Morgan fingerprint density at radius 2 is 1.84 bits per heavy atom. The molecule has 1 N–H and O–H groups in total. The largest absolute Gasteiger partial charge is 0.497 e. The van der Waals surface area contributed by atoms with E-state index in [1.807, 2.05) is 12.1 Å². The van der Waals surface area contributed by atoms with Crippen molar-refractivity contribution >= 4 is 0 Å². The highest BCUT2D eigenvalue weighted by atomic mass is 16.5. The van der Waals surface area contributed by atoms with Gasteiger partial charge in [-0.3, -0.25) is 0 Å². The topological polar surface area (TPSA) is 39.7 Å². The summed E-state index contributed by atoms with van der Waals surface area (Å²) < 4.78 is 15.6. The van der Waals surface area contributed by atoms with Gasteiger partial charge < -0.3 is 19.5 Å². The molecule has 108 valence electrons. The molecule has 4 nitrogen and oxygen atoms in total. The van der Waals surface area contributed by atoms with E-state index in [1.165, 1.54) is 5.56 Å². The first-order valence-corrected chi connectivity index (χ1v) is 6.72. The average molecular weight is 267 g/mol.